The lowest BCUT2D eigenvalue weighted by Crippen LogP contribution is -2.72. The Kier molecular flexibility index (Phi) is 4.86. The van der Waals surface area contributed by atoms with Crippen molar-refractivity contribution in [3.63, 3.8) is 0 Å². The summed E-state index contributed by atoms with van der Waals surface area (Å²) in [5.41, 5.74) is 0.269. The van der Waals surface area contributed by atoms with Crippen molar-refractivity contribution in [3.8, 4) is 0 Å². The smallest absolute Gasteiger partial charge is 0.377 e. The zero-order valence-electron chi connectivity index (χ0n) is 15.4. The zero-order valence-corrected chi connectivity index (χ0v) is 15.4. The summed E-state index contributed by atoms with van der Waals surface area (Å²) in [6, 6.07) is 0.393. The molecule has 4 rings (SSSR count). The molecule has 26 heavy (non-hydrogen) atoms. The second kappa shape index (κ2) is 6.88. The second-order valence-corrected chi connectivity index (χ2v) is 8.68. The molecule has 0 amide bonds. The molecule has 0 aromatic heterocycles. The van der Waals surface area contributed by atoms with E-state index in [0.717, 1.165) is 25.4 Å². The molecule has 0 bridgehead atoms. The first-order valence-electron chi connectivity index (χ1n) is 10.1. The monoisotopic (exact) mass is 373 g/mol. The summed E-state index contributed by atoms with van der Waals surface area (Å²) in [5.74, 6) is 0.216. The summed E-state index contributed by atoms with van der Waals surface area (Å²) in [6.07, 6.45) is 3.15. The van der Waals surface area contributed by atoms with Gasteiger partial charge in [-0.2, -0.15) is 13.2 Å². The number of guanidine groups is 1. The van der Waals surface area contributed by atoms with Crippen LogP contribution in [0.1, 0.15) is 51.4 Å². The highest BCUT2D eigenvalue weighted by Crippen LogP contribution is 2.62. The van der Waals surface area contributed by atoms with Crippen molar-refractivity contribution in [1.82, 2.24) is 10.6 Å². The van der Waals surface area contributed by atoms with Crippen molar-refractivity contribution >= 4 is 5.96 Å². The van der Waals surface area contributed by atoms with Gasteiger partial charge in [0.15, 0.2) is 5.96 Å². The third-order valence-electron chi connectivity index (χ3n) is 7.36. The number of nitrogens with zero attached hydrogens (tertiary/aromatic N) is 1. The molecule has 0 aromatic carbocycles. The van der Waals surface area contributed by atoms with E-state index in [9.17, 15) is 13.2 Å². The first-order chi connectivity index (χ1) is 12.4. The topological polar surface area (TPSA) is 45.7 Å². The van der Waals surface area contributed by atoms with Crippen molar-refractivity contribution in [2.75, 3.05) is 20.2 Å². The standard InChI is InChI=1S/C19H30F3N3O/c1-23-17(24-11-12-4-2-5-13(10-12)19(20,21)22)25-15-14-6-9-26-16(14)18(15)7-3-8-18/h12-16H,2-11H2,1H3,(H2,23,24,25). The Morgan fingerprint density at radius 3 is 2.65 bits per heavy atom. The Morgan fingerprint density at radius 1 is 1.19 bits per heavy atom. The van der Waals surface area contributed by atoms with Crippen molar-refractivity contribution < 1.29 is 17.9 Å². The molecule has 1 aliphatic heterocycles. The van der Waals surface area contributed by atoms with Crippen molar-refractivity contribution in [2.24, 2.45) is 28.2 Å². The highest BCUT2D eigenvalue weighted by molar-refractivity contribution is 5.80. The van der Waals surface area contributed by atoms with Gasteiger partial charge in [-0.05, 0) is 44.4 Å². The highest BCUT2D eigenvalue weighted by atomic mass is 19.4. The van der Waals surface area contributed by atoms with Gasteiger partial charge in [-0.25, -0.2) is 0 Å². The predicted molar refractivity (Wildman–Crippen MR) is 93.9 cm³/mol. The Morgan fingerprint density at radius 2 is 2.00 bits per heavy atom. The van der Waals surface area contributed by atoms with Crippen molar-refractivity contribution in [3.05, 3.63) is 0 Å². The summed E-state index contributed by atoms with van der Waals surface area (Å²) in [5, 5.41) is 6.89. The molecule has 5 unspecified atom stereocenters. The quantitative estimate of drug-likeness (QED) is 0.588. The van der Waals surface area contributed by atoms with E-state index in [-0.39, 0.29) is 24.2 Å². The van der Waals surface area contributed by atoms with Crippen LogP contribution in [0, 0.1) is 23.2 Å². The summed E-state index contributed by atoms with van der Waals surface area (Å²) in [7, 11) is 1.74. The van der Waals surface area contributed by atoms with Crippen LogP contribution in [0.3, 0.4) is 0 Å². The Labute approximate surface area is 153 Å². The fourth-order valence-electron chi connectivity index (χ4n) is 5.81. The van der Waals surface area contributed by atoms with E-state index in [2.05, 4.69) is 15.6 Å². The summed E-state index contributed by atoms with van der Waals surface area (Å²) in [6.45, 7) is 1.42. The SMILES string of the molecule is CN=C(NCC1CCCC(C(F)(F)F)C1)NC1C2CCOC2C12CCC2. The molecule has 4 aliphatic rings. The van der Waals surface area contributed by atoms with E-state index in [1.165, 1.54) is 19.3 Å². The van der Waals surface area contributed by atoms with Crippen LogP contribution in [0.25, 0.3) is 0 Å². The van der Waals surface area contributed by atoms with E-state index in [4.69, 9.17) is 4.74 Å². The minimum atomic E-state index is -4.06. The Hall–Kier alpha value is -0.980. The molecule has 3 saturated carbocycles. The average molecular weight is 373 g/mol. The molecule has 1 spiro atoms. The predicted octanol–water partition coefficient (Wildman–Crippen LogP) is 3.48. The number of hydrogen-bond acceptors (Lipinski definition) is 2. The lowest BCUT2D eigenvalue weighted by atomic mass is 9.46. The number of ether oxygens (including phenoxy) is 1. The lowest BCUT2D eigenvalue weighted by molar-refractivity contribution is -0.185. The summed E-state index contributed by atoms with van der Waals surface area (Å²) >= 11 is 0. The van der Waals surface area contributed by atoms with Crippen molar-refractivity contribution in [2.45, 2.75) is 69.7 Å². The normalized spacial score (nSPS) is 39.1. The first-order valence-corrected chi connectivity index (χ1v) is 10.1. The molecule has 2 N–H and O–H groups in total. The third-order valence-corrected chi connectivity index (χ3v) is 7.36. The molecule has 3 aliphatic carbocycles. The van der Waals surface area contributed by atoms with Crippen LogP contribution >= 0.6 is 0 Å². The van der Waals surface area contributed by atoms with Gasteiger partial charge in [-0.1, -0.05) is 12.8 Å². The van der Waals surface area contributed by atoms with Crippen LogP contribution in [-0.2, 0) is 4.74 Å². The molecule has 148 valence electrons. The molecule has 7 heteroatoms. The maximum atomic E-state index is 13.0. The first kappa shape index (κ1) is 18.4. The van der Waals surface area contributed by atoms with Crippen LogP contribution in [0.4, 0.5) is 13.2 Å². The number of halogens is 3. The van der Waals surface area contributed by atoms with E-state index < -0.39 is 12.1 Å². The maximum Gasteiger partial charge on any atom is 0.391 e. The molecule has 5 atom stereocenters. The largest absolute Gasteiger partial charge is 0.391 e. The summed E-state index contributed by atoms with van der Waals surface area (Å²) in [4.78, 5) is 4.33. The molecule has 4 fully saturated rings. The molecular weight excluding hydrogens is 343 g/mol. The fourth-order valence-corrected chi connectivity index (χ4v) is 5.81. The molecule has 1 heterocycles. The minimum Gasteiger partial charge on any atom is -0.377 e. The van der Waals surface area contributed by atoms with Crippen LogP contribution in [0.15, 0.2) is 4.99 Å². The van der Waals surface area contributed by atoms with Crippen LogP contribution in [0.5, 0.6) is 0 Å². The van der Waals surface area contributed by atoms with Gasteiger partial charge < -0.3 is 15.4 Å². The number of nitrogens with one attached hydrogen (secondary N) is 2. The van der Waals surface area contributed by atoms with Gasteiger partial charge in [-0.15, -0.1) is 0 Å². The number of hydrogen-bond donors (Lipinski definition) is 2. The van der Waals surface area contributed by atoms with Gasteiger partial charge in [-0.3, -0.25) is 4.99 Å². The van der Waals surface area contributed by atoms with E-state index >= 15 is 0 Å². The van der Waals surface area contributed by atoms with Gasteiger partial charge >= 0.3 is 6.18 Å². The summed E-state index contributed by atoms with van der Waals surface area (Å²) < 4.78 is 44.9. The average Bonchev–Trinajstić information content (AvgIpc) is 2.98. The van der Waals surface area contributed by atoms with E-state index in [1.54, 1.807) is 7.05 Å². The van der Waals surface area contributed by atoms with Gasteiger partial charge in [0.1, 0.15) is 0 Å². The molecule has 0 radical (unpaired) electrons. The number of aliphatic imine (C=N–C) groups is 1. The molecule has 0 aromatic rings. The van der Waals surface area contributed by atoms with Crippen LogP contribution in [0.2, 0.25) is 0 Å². The van der Waals surface area contributed by atoms with Crippen LogP contribution < -0.4 is 10.6 Å². The molecular formula is C19H30F3N3O. The van der Waals surface area contributed by atoms with Gasteiger partial charge in [0.05, 0.1) is 12.0 Å². The Bertz CT molecular complexity index is 547. The third kappa shape index (κ3) is 3.10. The van der Waals surface area contributed by atoms with Gasteiger partial charge in [0.25, 0.3) is 0 Å². The molecule has 1 saturated heterocycles. The molecule has 4 nitrogen and oxygen atoms in total. The number of rotatable bonds is 3. The fraction of sp³-hybridized carbons (Fsp3) is 0.947. The van der Waals surface area contributed by atoms with E-state index in [1.807, 2.05) is 0 Å². The minimum absolute atomic E-state index is 0.0653. The lowest BCUT2D eigenvalue weighted by Gasteiger charge is -2.63. The second-order valence-electron chi connectivity index (χ2n) is 8.68. The highest BCUT2D eigenvalue weighted by Gasteiger charge is 2.66. The van der Waals surface area contributed by atoms with E-state index in [0.29, 0.717) is 31.0 Å². The number of alkyl halides is 3. The van der Waals surface area contributed by atoms with Gasteiger partial charge in [0.2, 0.25) is 0 Å². The number of fused-ring (bicyclic) bond motifs is 2. The van der Waals surface area contributed by atoms with Gasteiger partial charge in [0, 0.05) is 37.6 Å². The maximum absolute atomic E-state index is 13.0. The Balaban J connectivity index is 1.30. The van der Waals surface area contributed by atoms with Crippen LogP contribution in [-0.4, -0.2) is 44.5 Å². The zero-order chi connectivity index (χ0) is 18.4. The van der Waals surface area contributed by atoms with Crippen molar-refractivity contribution in [1.29, 1.82) is 0 Å².